The predicted molar refractivity (Wildman–Crippen MR) is 172 cm³/mol. The predicted octanol–water partition coefficient (Wildman–Crippen LogP) is 6.24. The van der Waals surface area contributed by atoms with Crippen molar-refractivity contribution in [2.45, 2.75) is 77.7 Å². The number of rotatable bonds is 8. The summed E-state index contributed by atoms with van der Waals surface area (Å²) in [5, 5.41) is 2.95. The lowest BCUT2D eigenvalue weighted by molar-refractivity contribution is 0.0504. The van der Waals surface area contributed by atoms with Gasteiger partial charge in [-0.2, -0.15) is 0 Å². The number of alkyl carbamates (subject to hydrolysis) is 1. The van der Waals surface area contributed by atoms with Crippen molar-refractivity contribution in [2.75, 3.05) is 31.1 Å². The molecule has 46 heavy (non-hydrogen) atoms. The molecule has 0 aliphatic carbocycles. The van der Waals surface area contributed by atoms with Gasteiger partial charge in [0.05, 0.1) is 24.5 Å². The second-order valence-electron chi connectivity index (χ2n) is 13.2. The van der Waals surface area contributed by atoms with E-state index >= 15 is 0 Å². The maximum atomic E-state index is 15.0. The van der Waals surface area contributed by atoms with Gasteiger partial charge in [0.15, 0.2) is 5.75 Å². The van der Waals surface area contributed by atoms with Crippen LogP contribution < -0.4 is 15.0 Å². The highest BCUT2D eigenvalue weighted by atomic mass is 19.1. The SMILES string of the molecule is Cc1ccc(F)c([C@H]2CN(c3ncc(O[C@@H](C)C4CCN(C(=O)OCc5ccccc5)CC4)cn3)C[C@@H]2NC(=O)OC(C)(C)C)c1. The van der Waals surface area contributed by atoms with Crippen LogP contribution in [-0.2, 0) is 16.1 Å². The van der Waals surface area contributed by atoms with Crippen molar-refractivity contribution < 1.29 is 28.2 Å². The van der Waals surface area contributed by atoms with E-state index in [1.54, 1.807) is 44.1 Å². The van der Waals surface area contributed by atoms with E-state index < -0.39 is 17.7 Å². The maximum Gasteiger partial charge on any atom is 0.410 e. The number of hydrogen-bond acceptors (Lipinski definition) is 8. The fourth-order valence-electron chi connectivity index (χ4n) is 6.04. The molecule has 0 bridgehead atoms. The molecule has 1 aromatic heterocycles. The van der Waals surface area contributed by atoms with Crippen LogP contribution in [0.15, 0.2) is 60.9 Å². The number of aromatic nitrogens is 2. The molecule has 2 fully saturated rings. The van der Waals surface area contributed by atoms with Crippen molar-refractivity contribution in [1.29, 1.82) is 0 Å². The quantitative estimate of drug-likeness (QED) is 0.311. The van der Waals surface area contributed by atoms with Gasteiger partial charge in [-0.25, -0.2) is 23.9 Å². The van der Waals surface area contributed by atoms with E-state index in [1.807, 2.05) is 55.1 Å². The van der Waals surface area contributed by atoms with E-state index in [1.165, 1.54) is 6.07 Å². The molecule has 11 heteroatoms. The van der Waals surface area contributed by atoms with Gasteiger partial charge in [-0.3, -0.25) is 0 Å². The number of piperidine rings is 1. The summed E-state index contributed by atoms with van der Waals surface area (Å²) in [6.07, 6.45) is 3.95. The molecule has 2 aliphatic rings. The zero-order valence-electron chi connectivity index (χ0n) is 27.2. The second-order valence-corrected chi connectivity index (χ2v) is 13.2. The van der Waals surface area contributed by atoms with Crippen molar-refractivity contribution in [3.05, 3.63) is 83.4 Å². The Hall–Kier alpha value is -4.41. The zero-order valence-corrected chi connectivity index (χ0v) is 27.2. The first kappa shape index (κ1) is 33.0. The highest BCUT2D eigenvalue weighted by molar-refractivity contribution is 5.69. The Morgan fingerprint density at radius 3 is 2.41 bits per heavy atom. The van der Waals surface area contributed by atoms with Gasteiger partial charge in [-0.05, 0) is 70.6 Å². The van der Waals surface area contributed by atoms with E-state index in [4.69, 9.17) is 14.2 Å². The van der Waals surface area contributed by atoms with E-state index in [0.717, 1.165) is 24.0 Å². The first-order valence-electron chi connectivity index (χ1n) is 15.9. The van der Waals surface area contributed by atoms with Crippen LogP contribution in [0.25, 0.3) is 0 Å². The van der Waals surface area contributed by atoms with E-state index in [2.05, 4.69) is 15.3 Å². The minimum atomic E-state index is -0.659. The summed E-state index contributed by atoms with van der Waals surface area (Å²) >= 11 is 0. The summed E-state index contributed by atoms with van der Waals surface area (Å²) in [7, 11) is 0. The van der Waals surface area contributed by atoms with E-state index in [0.29, 0.717) is 43.4 Å². The smallest absolute Gasteiger partial charge is 0.410 e. The molecule has 2 aromatic carbocycles. The summed E-state index contributed by atoms with van der Waals surface area (Å²) in [4.78, 5) is 38.0. The van der Waals surface area contributed by atoms with Gasteiger partial charge in [0.25, 0.3) is 0 Å². The number of nitrogens with one attached hydrogen (secondary N) is 1. The van der Waals surface area contributed by atoms with E-state index in [9.17, 15) is 14.0 Å². The van der Waals surface area contributed by atoms with Crippen LogP contribution in [0.5, 0.6) is 5.75 Å². The first-order valence-corrected chi connectivity index (χ1v) is 15.9. The molecule has 246 valence electrons. The van der Waals surface area contributed by atoms with Crippen LogP contribution in [0.4, 0.5) is 19.9 Å². The Labute approximate surface area is 270 Å². The largest absolute Gasteiger partial charge is 0.487 e. The summed E-state index contributed by atoms with van der Waals surface area (Å²) in [5.41, 5.74) is 1.77. The van der Waals surface area contributed by atoms with Crippen LogP contribution in [0.3, 0.4) is 0 Å². The lowest BCUT2D eigenvalue weighted by Gasteiger charge is -2.34. The molecule has 10 nitrogen and oxygen atoms in total. The fraction of sp³-hybridized carbons (Fsp3) is 0.486. The average molecular weight is 634 g/mol. The molecular weight excluding hydrogens is 589 g/mol. The number of benzene rings is 2. The summed E-state index contributed by atoms with van der Waals surface area (Å²) in [5.74, 6) is 0.635. The van der Waals surface area contributed by atoms with Crippen LogP contribution in [0, 0.1) is 18.7 Å². The summed E-state index contributed by atoms with van der Waals surface area (Å²) in [6, 6.07) is 14.3. The van der Waals surface area contributed by atoms with Gasteiger partial charge in [-0.15, -0.1) is 0 Å². The number of amides is 2. The molecule has 2 aliphatic heterocycles. The third-order valence-electron chi connectivity index (χ3n) is 8.46. The van der Waals surface area contributed by atoms with Crippen molar-refractivity contribution in [1.82, 2.24) is 20.2 Å². The van der Waals surface area contributed by atoms with Crippen LogP contribution in [-0.4, -0.2) is 71.0 Å². The highest BCUT2D eigenvalue weighted by Gasteiger charge is 2.38. The van der Waals surface area contributed by atoms with Crippen molar-refractivity contribution in [2.24, 2.45) is 5.92 Å². The topological polar surface area (TPSA) is 106 Å². The van der Waals surface area contributed by atoms with Gasteiger partial charge >= 0.3 is 12.2 Å². The lowest BCUT2D eigenvalue weighted by Crippen LogP contribution is -2.43. The molecule has 0 saturated carbocycles. The molecular formula is C35H44FN5O5. The van der Waals surface area contributed by atoms with Crippen molar-refractivity contribution in [3.63, 3.8) is 0 Å². The Bertz CT molecular complexity index is 1470. The molecule has 0 unspecified atom stereocenters. The van der Waals surface area contributed by atoms with Gasteiger partial charge in [0, 0.05) is 32.1 Å². The van der Waals surface area contributed by atoms with Crippen LogP contribution in [0.1, 0.15) is 63.1 Å². The van der Waals surface area contributed by atoms with E-state index in [-0.39, 0.29) is 36.5 Å². The number of nitrogens with zero attached hydrogens (tertiary/aromatic N) is 4. The third-order valence-corrected chi connectivity index (χ3v) is 8.46. The monoisotopic (exact) mass is 633 g/mol. The Kier molecular flexibility index (Phi) is 10.3. The summed E-state index contributed by atoms with van der Waals surface area (Å²) in [6.45, 7) is 11.6. The maximum absolute atomic E-state index is 15.0. The number of likely N-dealkylation sites (tertiary alicyclic amines) is 1. The van der Waals surface area contributed by atoms with Gasteiger partial charge < -0.3 is 29.3 Å². The standard InChI is InChI=1S/C35H44FN5O5/c1-23-11-12-30(36)28(17-23)29-20-41(21-31(29)39-33(42)46-35(3,4)5)32-37-18-27(19-38-32)45-24(2)26-13-15-40(16-14-26)34(43)44-22-25-9-7-6-8-10-25/h6-12,17-19,24,26,29,31H,13-16,20-22H2,1-5H3,(H,39,42)/t24-,29+,31-/m0/s1. The van der Waals surface area contributed by atoms with Crippen LogP contribution >= 0.6 is 0 Å². The number of carbonyl (C=O) groups is 2. The van der Waals surface area contributed by atoms with Gasteiger partial charge in [-0.1, -0.05) is 48.0 Å². The van der Waals surface area contributed by atoms with Crippen molar-refractivity contribution >= 4 is 18.1 Å². The minimum absolute atomic E-state index is 0.0974. The Morgan fingerprint density at radius 1 is 1.04 bits per heavy atom. The molecule has 0 radical (unpaired) electrons. The molecule has 2 saturated heterocycles. The minimum Gasteiger partial charge on any atom is -0.487 e. The highest BCUT2D eigenvalue weighted by Crippen LogP contribution is 2.33. The first-order chi connectivity index (χ1) is 21.9. The number of ether oxygens (including phenoxy) is 3. The number of hydrogen-bond donors (Lipinski definition) is 1. The number of halogens is 1. The lowest BCUT2D eigenvalue weighted by atomic mass is 9.92. The Morgan fingerprint density at radius 2 is 1.74 bits per heavy atom. The zero-order chi connectivity index (χ0) is 32.8. The molecule has 3 aromatic rings. The molecule has 5 rings (SSSR count). The Balaban J connectivity index is 1.16. The fourth-order valence-corrected chi connectivity index (χ4v) is 6.04. The normalized spacial score (nSPS) is 19.4. The molecule has 3 heterocycles. The summed E-state index contributed by atoms with van der Waals surface area (Å²) < 4.78 is 32.2. The average Bonchev–Trinajstić information content (AvgIpc) is 3.44. The molecule has 1 N–H and O–H groups in total. The number of anilines is 1. The van der Waals surface area contributed by atoms with Crippen LogP contribution in [0.2, 0.25) is 0 Å². The molecule has 2 amide bonds. The number of carbonyl (C=O) groups excluding carboxylic acids is 2. The third kappa shape index (κ3) is 8.64. The van der Waals surface area contributed by atoms with Crippen molar-refractivity contribution in [3.8, 4) is 5.75 Å². The molecule has 3 atom stereocenters. The van der Waals surface area contributed by atoms with Gasteiger partial charge in [0.1, 0.15) is 18.0 Å². The second kappa shape index (κ2) is 14.3. The number of aryl methyl sites for hydroxylation is 1. The van der Waals surface area contributed by atoms with Gasteiger partial charge in [0.2, 0.25) is 5.95 Å². The molecule has 0 spiro atoms.